The number of Topliss-reactive ketones (excluding diaryl/α,β-unsaturated/α-hetero) is 1. The van der Waals surface area contributed by atoms with Crippen molar-refractivity contribution in [1.82, 2.24) is 5.32 Å². The molecule has 0 radical (unpaired) electrons. The fraction of sp³-hybridized carbons (Fsp3) is 0.250. The van der Waals surface area contributed by atoms with E-state index in [0.717, 1.165) is 33.4 Å². The van der Waals surface area contributed by atoms with E-state index in [0.29, 0.717) is 37.0 Å². The molecule has 7 nitrogen and oxygen atoms in total. The summed E-state index contributed by atoms with van der Waals surface area (Å²) in [5.41, 5.74) is 6.86. The van der Waals surface area contributed by atoms with E-state index < -0.39 is 18.1 Å². The molecule has 0 heterocycles. The molecule has 0 fully saturated rings. The molecule has 4 aromatic carbocycles. The first kappa shape index (κ1) is 29.6. The number of methoxy groups -OCH3 is 1. The molecule has 1 aliphatic rings. The van der Waals surface area contributed by atoms with Crippen molar-refractivity contribution in [3.05, 3.63) is 114 Å². The van der Waals surface area contributed by atoms with E-state index in [1.54, 1.807) is 13.2 Å². The number of alkyl carbamates (subject to hydrolysis) is 1. The van der Waals surface area contributed by atoms with Crippen molar-refractivity contribution >= 4 is 17.8 Å². The second kappa shape index (κ2) is 13.8. The second-order valence-corrected chi connectivity index (χ2v) is 10.7. The largest absolute Gasteiger partial charge is 0.496 e. The van der Waals surface area contributed by atoms with Gasteiger partial charge in [0.15, 0.2) is 5.78 Å². The number of carbonyl (C=O) groups is 3. The zero-order valence-electron chi connectivity index (χ0n) is 24.1. The average molecular weight is 578 g/mol. The van der Waals surface area contributed by atoms with Crippen LogP contribution in [0.15, 0.2) is 97.1 Å². The normalized spacial score (nSPS) is 12.6. The third-order valence-corrected chi connectivity index (χ3v) is 7.94. The van der Waals surface area contributed by atoms with Crippen LogP contribution < -0.4 is 10.1 Å². The molecule has 0 saturated carbocycles. The summed E-state index contributed by atoms with van der Waals surface area (Å²) in [4.78, 5) is 37.4. The number of carboxylic acids is 1. The molecule has 1 aliphatic carbocycles. The summed E-state index contributed by atoms with van der Waals surface area (Å²) in [6.07, 6.45) is 1.66. The van der Waals surface area contributed by atoms with Crippen LogP contribution in [-0.2, 0) is 9.53 Å². The second-order valence-electron chi connectivity index (χ2n) is 10.7. The number of carbonyl (C=O) groups excluding carboxylic acids is 2. The Labute approximate surface area is 251 Å². The summed E-state index contributed by atoms with van der Waals surface area (Å²) >= 11 is 0. The Bertz CT molecular complexity index is 1550. The van der Waals surface area contributed by atoms with Gasteiger partial charge in [0.2, 0.25) is 0 Å². The first-order valence-electron chi connectivity index (χ1n) is 14.6. The van der Waals surface area contributed by atoms with Gasteiger partial charge in [0, 0.05) is 23.5 Å². The Balaban J connectivity index is 1.09. The Morgan fingerprint density at radius 1 is 0.791 bits per heavy atom. The van der Waals surface area contributed by atoms with Gasteiger partial charge in [0.05, 0.1) is 7.11 Å². The standard InChI is InChI=1S/C36H35NO6/c1-42-34-21-20-25(22-30(34)24-12-4-2-5-13-24)33(38)19-7-3-6-18-32(35(39)40)37-36(41)43-23-31-28-16-10-8-14-26(28)27-15-9-11-17-29(27)31/h2,4-5,8-17,20-22,31-32H,3,6-7,18-19,23H2,1H3,(H,37,41)(H,39,40)/t32-/m0/s1. The summed E-state index contributed by atoms with van der Waals surface area (Å²) in [5.74, 6) is -0.498. The van der Waals surface area contributed by atoms with E-state index in [9.17, 15) is 19.5 Å². The Kier molecular flexibility index (Phi) is 9.52. The van der Waals surface area contributed by atoms with Crippen molar-refractivity contribution < 1.29 is 29.0 Å². The van der Waals surface area contributed by atoms with Gasteiger partial charge < -0.3 is 19.9 Å². The van der Waals surface area contributed by atoms with Crippen LogP contribution in [0.3, 0.4) is 0 Å². The molecular weight excluding hydrogens is 542 g/mol. The summed E-state index contributed by atoms with van der Waals surface area (Å²) in [7, 11) is 1.61. The molecule has 1 atom stereocenters. The first-order chi connectivity index (χ1) is 21.0. The van der Waals surface area contributed by atoms with Gasteiger partial charge in [-0.3, -0.25) is 4.79 Å². The molecule has 43 heavy (non-hydrogen) atoms. The molecule has 0 aliphatic heterocycles. The number of aliphatic carboxylic acids is 1. The Morgan fingerprint density at radius 2 is 1.44 bits per heavy atom. The van der Waals surface area contributed by atoms with Crippen LogP contribution >= 0.6 is 0 Å². The Hall–Kier alpha value is -4.91. The highest BCUT2D eigenvalue weighted by Crippen LogP contribution is 2.44. The van der Waals surface area contributed by atoms with E-state index in [1.807, 2.05) is 78.9 Å². The number of hydrogen-bond acceptors (Lipinski definition) is 5. The third-order valence-electron chi connectivity index (χ3n) is 7.94. The summed E-state index contributed by atoms with van der Waals surface area (Å²) in [6.45, 7) is 0.117. The highest BCUT2D eigenvalue weighted by molar-refractivity contribution is 5.97. The van der Waals surface area contributed by atoms with Crippen molar-refractivity contribution in [2.45, 2.75) is 44.1 Å². The van der Waals surface area contributed by atoms with Gasteiger partial charge in [-0.2, -0.15) is 0 Å². The maximum absolute atomic E-state index is 12.9. The van der Waals surface area contributed by atoms with E-state index >= 15 is 0 Å². The van der Waals surface area contributed by atoms with Crippen LogP contribution in [0.2, 0.25) is 0 Å². The molecule has 220 valence electrons. The molecule has 0 unspecified atom stereocenters. The van der Waals surface area contributed by atoms with Crippen LogP contribution in [-0.4, -0.2) is 42.7 Å². The predicted molar refractivity (Wildman–Crippen MR) is 165 cm³/mol. The summed E-state index contributed by atoms with van der Waals surface area (Å²) in [5, 5.41) is 12.2. The smallest absolute Gasteiger partial charge is 0.407 e. The minimum atomic E-state index is -1.11. The molecule has 0 spiro atoms. The molecule has 0 aromatic heterocycles. The number of unbranched alkanes of at least 4 members (excludes halogenated alkanes) is 2. The fourth-order valence-corrected chi connectivity index (χ4v) is 5.72. The number of hydrogen-bond donors (Lipinski definition) is 2. The predicted octanol–water partition coefficient (Wildman–Crippen LogP) is 7.49. The highest BCUT2D eigenvalue weighted by atomic mass is 16.5. The number of fused-ring (bicyclic) bond motifs is 3. The summed E-state index contributed by atoms with van der Waals surface area (Å²) < 4.78 is 11.0. The number of carboxylic acid groups (broad SMARTS) is 1. The van der Waals surface area contributed by atoms with E-state index in [-0.39, 0.29) is 24.7 Å². The summed E-state index contributed by atoms with van der Waals surface area (Å²) in [6, 6.07) is 30.2. The third kappa shape index (κ3) is 6.95. The first-order valence-corrected chi connectivity index (χ1v) is 14.6. The molecule has 0 saturated heterocycles. The van der Waals surface area contributed by atoms with Crippen LogP contribution in [0.4, 0.5) is 4.79 Å². The lowest BCUT2D eigenvalue weighted by molar-refractivity contribution is -0.139. The zero-order chi connectivity index (χ0) is 30.2. The Morgan fingerprint density at radius 3 is 2.09 bits per heavy atom. The van der Waals surface area contributed by atoms with Crippen molar-refractivity contribution in [2.24, 2.45) is 0 Å². The molecule has 2 N–H and O–H groups in total. The fourth-order valence-electron chi connectivity index (χ4n) is 5.72. The monoisotopic (exact) mass is 577 g/mol. The molecule has 5 rings (SSSR count). The zero-order valence-corrected chi connectivity index (χ0v) is 24.1. The highest BCUT2D eigenvalue weighted by Gasteiger charge is 2.29. The average Bonchev–Trinajstić information content (AvgIpc) is 3.36. The number of benzene rings is 4. The van der Waals surface area contributed by atoms with Crippen molar-refractivity contribution in [3.63, 3.8) is 0 Å². The number of ether oxygens (including phenoxy) is 2. The van der Waals surface area contributed by atoms with Gasteiger partial charge in [-0.05, 0) is 58.9 Å². The number of rotatable bonds is 13. The van der Waals surface area contributed by atoms with Gasteiger partial charge in [0.1, 0.15) is 18.4 Å². The van der Waals surface area contributed by atoms with E-state index in [4.69, 9.17) is 9.47 Å². The van der Waals surface area contributed by atoms with Gasteiger partial charge in [-0.15, -0.1) is 0 Å². The van der Waals surface area contributed by atoms with Gasteiger partial charge in [-0.1, -0.05) is 91.7 Å². The maximum Gasteiger partial charge on any atom is 0.407 e. The van der Waals surface area contributed by atoms with Crippen LogP contribution in [0.5, 0.6) is 5.75 Å². The van der Waals surface area contributed by atoms with Crippen LogP contribution in [0.1, 0.15) is 59.5 Å². The van der Waals surface area contributed by atoms with Crippen LogP contribution in [0.25, 0.3) is 22.3 Å². The lowest BCUT2D eigenvalue weighted by atomic mass is 9.97. The van der Waals surface area contributed by atoms with Crippen molar-refractivity contribution in [3.8, 4) is 28.0 Å². The quantitative estimate of drug-likeness (QED) is 0.126. The maximum atomic E-state index is 12.9. The molecule has 4 aromatic rings. The lowest BCUT2D eigenvalue weighted by Gasteiger charge is -2.17. The van der Waals surface area contributed by atoms with E-state index in [1.165, 1.54) is 0 Å². The lowest BCUT2D eigenvalue weighted by Crippen LogP contribution is -2.41. The molecular formula is C36H35NO6. The molecule has 0 bridgehead atoms. The van der Waals surface area contributed by atoms with Gasteiger partial charge in [0.25, 0.3) is 0 Å². The molecule has 1 amide bonds. The van der Waals surface area contributed by atoms with Crippen LogP contribution in [0, 0.1) is 0 Å². The SMILES string of the molecule is COc1ccc(C(=O)CCCCC[C@H](NC(=O)OCC2c3ccccc3-c3ccccc32)C(=O)O)cc1-c1ccccc1. The minimum Gasteiger partial charge on any atom is -0.496 e. The number of ketones is 1. The van der Waals surface area contributed by atoms with Gasteiger partial charge >= 0.3 is 12.1 Å². The molecule has 7 heteroatoms. The van der Waals surface area contributed by atoms with E-state index in [2.05, 4.69) is 17.4 Å². The number of nitrogens with one attached hydrogen (secondary N) is 1. The van der Waals surface area contributed by atoms with Crippen molar-refractivity contribution in [1.29, 1.82) is 0 Å². The minimum absolute atomic E-state index is 0.0198. The van der Waals surface area contributed by atoms with Gasteiger partial charge in [-0.25, -0.2) is 9.59 Å². The number of amides is 1. The topological polar surface area (TPSA) is 102 Å². The van der Waals surface area contributed by atoms with Crippen molar-refractivity contribution in [2.75, 3.05) is 13.7 Å².